The fourth-order valence-corrected chi connectivity index (χ4v) is 9.33. The summed E-state index contributed by atoms with van der Waals surface area (Å²) in [4.78, 5) is 2.30. The topological polar surface area (TPSA) is 50.8 Å². The lowest BCUT2D eigenvalue weighted by molar-refractivity contribution is 1.28. The van der Waals surface area contributed by atoms with Gasteiger partial charge in [-0.05, 0) is 98.8 Å². The highest BCUT2D eigenvalue weighted by atomic mass is 32.1. The molecule has 56 heavy (non-hydrogen) atoms. The van der Waals surface area contributed by atoms with E-state index < -0.39 is 0 Å². The Hall–Kier alpha value is -7.50. The van der Waals surface area contributed by atoms with Crippen LogP contribution in [0.2, 0.25) is 0 Å². The van der Waals surface area contributed by atoms with E-state index in [1.807, 2.05) is 59.9 Å². The number of anilines is 3. The SMILES string of the molecule is N#Cc1ccc(-c2ccc(N(c3ccc(-c4ccc(C#N)c5ccccc45)cc3)c3ccc(-c4cccc5c4sc4ccccc45)cc3)cc2)c2ccccc12. The van der Waals surface area contributed by atoms with Gasteiger partial charge in [0.1, 0.15) is 0 Å². The maximum absolute atomic E-state index is 9.75. The molecule has 0 unspecified atom stereocenters. The summed E-state index contributed by atoms with van der Waals surface area (Å²) in [6.07, 6.45) is 0. The molecule has 1 aromatic heterocycles. The molecule has 0 saturated carbocycles. The number of thiophene rings is 1. The number of hydrogen-bond acceptors (Lipinski definition) is 4. The largest absolute Gasteiger partial charge is 0.311 e. The molecule has 9 aromatic carbocycles. The normalized spacial score (nSPS) is 11.2. The molecule has 3 nitrogen and oxygen atoms in total. The van der Waals surface area contributed by atoms with Crippen LogP contribution in [0.5, 0.6) is 0 Å². The van der Waals surface area contributed by atoms with Gasteiger partial charge in [-0.2, -0.15) is 10.5 Å². The third-order valence-corrected chi connectivity index (χ3v) is 12.0. The predicted octanol–water partition coefficient (Wildman–Crippen LogP) is 14.6. The summed E-state index contributed by atoms with van der Waals surface area (Å²) in [5.41, 5.74) is 11.2. The zero-order chi connectivity index (χ0) is 37.6. The molecule has 10 rings (SSSR count). The molecule has 0 amide bonds. The van der Waals surface area contributed by atoms with Gasteiger partial charge in [-0.25, -0.2) is 0 Å². The summed E-state index contributed by atoms with van der Waals surface area (Å²) < 4.78 is 2.60. The lowest BCUT2D eigenvalue weighted by Gasteiger charge is -2.26. The van der Waals surface area contributed by atoms with Crippen LogP contribution in [0.25, 0.3) is 75.1 Å². The number of rotatable bonds is 6. The molecule has 0 saturated heterocycles. The molecule has 0 aliphatic rings. The van der Waals surface area contributed by atoms with Crippen LogP contribution in [-0.4, -0.2) is 0 Å². The summed E-state index contributed by atoms with van der Waals surface area (Å²) in [7, 11) is 0. The van der Waals surface area contributed by atoms with Gasteiger partial charge in [-0.1, -0.05) is 133 Å². The van der Waals surface area contributed by atoms with Crippen LogP contribution in [-0.2, 0) is 0 Å². The highest BCUT2D eigenvalue weighted by molar-refractivity contribution is 7.26. The Morgan fingerprint density at radius 2 is 0.750 bits per heavy atom. The number of fused-ring (bicyclic) bond motifs is 5. The molecule has 0 radical (unpaired) electrons. The molecule has 1 heterocycles. The summed E-state index contributed by atoms with van der Waals surface area (Å²) >= 11 is 1.85. The standard InChI is InChI=1S/C52H31N3S/c53-32-37-22-30-44(47-10-3-1-8-42(37)47)34-16-24-39(25-17-34)55(40-26-18-35(19-27-40)45-31-23-38(33-54)43-9-2-4-11-48(43)45)41-28-20-36(21-29-41)46-13-7-14-50-49-12-5-6-15-51(49)56-52(46)50/h1-31H. The Balaban J connectivity index is 1.07. The predicted molar refractivity (Wildman–Crippen MR) is 235 cm³/mol. The smallest absolute Gasteiger partial charge is 0.0998 e. The monoisotopic (exact) mass is 729 g/mol. The van der Waals surface area contributed by atoms with Crippen molar-refractivity contribution in [3.8, 4) is 45.5 Å². The second-order valence-corrected chi connectivity index (χ2v) is 14.9. The lowest BCUT2D eigenvalue weighted by atomic mass is 9.95. The molecule has 4 heteroatoms. The number of nitrogens with zero attached hydrogens (tertiary/aromatic N) is 3. The van der Waals surface area contributed by atoms with E-state index in [1.54, 1.807) is 0 Å². The van der Waals surface area contributed by atoms with Crippen molar-refractivity contribution < 1.29 is 0 Å². The van der Waals surface area contributed by atoms with Crippen molar-refractivity contribution in [2.75, 3.05) is 4.90 Å². The van der Waals surface area contributed by atoms with Crippen molar-refractivity contribution in [2.45, 2.75) is 0 Å². The van der Waals surface area contributed by atoms with Gasteiger partial charge in [0, 0.05) is 48.0 Å². The van der Waals surface area contributed by atoms with E-state index in [0.29, 0.717) is 11.1 Å². The van der Waals surface area contributed by atoms with Gasteiger partial charge in [0.05, 0.1) is 23.3 Å². The molecule has 0 fully saturated rings. The summed E-state index contributed by atoms with van der Waals surface area (Å²) in [6.45, 7) is 0. The molecule has 0 aliphatic heterocycles. The average molecular weight is 730 g/mol. The van der Waals surface area contributed by atoms with Crippen molar-refractivity contribution in [3.05, 3.63) is 199 Å². The maximum atomic E-state index is 9.75. The van der Waals surface area contributed by atoms with Gasteiger partial charge in [-0.3, -0.25) is 0 Å². The van der Waals surface area contributed by atoms with Crippen molar-refractivity contribution in [2.24, 2.45) is 0 Å². The molecule has 0 bridgehead atoms. The minimum absolute atomic E-state index is 0.677. The summed E-state index contributed by atoms with van der Waals surface area (Å²) in [5, 5.41) is 26.1. The fourth-order valence-electron chi connectivity index (χ4n) is 8.09. The Kier molecular flexibility index (Phi) is 8.11. The van der Waals surface area contributed by atoms with E-state index in [9.17, 15) is 10.5 Å². The van der Waals surface area contributed by atoms with Gasteiger partial charge in [-0.15, -0.1) is 11.3 Å². The molecule has 0 N–H and O–H groups in total. The maximum Gasteiger partial charge on any atom is 0.0998 e. The number of nitriles is 2. The van der Waals surface area contributed by atoms with Gasteiger partial charge in [0.2, 0.25) is 0 Å². The number of hydrogen-bond donors (Lipinski definition) is 0. The first kappa shape index (κ1) is 33.1. The Morgan fingerprint density at radius 3 is 1.23 bits per heavy atom. The van der Waals surface area contributed by atoms with Gasteiger partial charge in [0.25, 0.3) is 0 Å². The fraction of sp³-hybridized carbons (Fsp3) is 0. The van der Waals surface area contributed by atoms with E-state index in [4.69, 9.17) is 0 Å². The van der Waals surface area contributed by atoms with Crippen LogP contribution in [0.15, 0.2) is 188 Å². The number of benzene rings is 9. The van der Waals surface area contributed by atoms with Crippen LogP contribution in [0.4, 0.5) is 17.1 Å². The first-order valence-corrected chi connectivity index (χ1v) is 19.4. The highest BCUT2D eigenvalue weighted by Gasteiger charge is 2.17. The van der Waals surface area contributed by atoms with E-state index >= 15 is 0 Å². The molecule has 0 atom stereocenters. The Labute approximate surface area is 328 Å². The third-order valence-electron chi connectivity index (χ3n) is 10.8. The first-order chi connectivity index (χ1) is 27.7. The van der Waals surface area contributed by atoms with Crippen molar-refractivity contribution >= 4 is 70.1 Å². The van der Waals surface area contributed by atoms with E-state index in [1.165, 1.54) is 31.3 Å². The van der Waals surface area contributed by atoms with Gasteiger partial charge < -0.3 is 4.90 Å². The molecule has 0 aliphatic carbocycles. The zero-order valence-corrected chi connectivity index (χ0v) is 31.0. The van der Waals surface area contributed by atoms with Crippen LogP contribution in [0.3, 0.4) is 0 Å². The third kappa shape index (κ3) is 5.57. The second kappa shape index (κ2) is 13.7. The lowest BCUT2D eigenvalue weighted by Crippen LogP contribution is -2.09. The molecule has 0 spiro atoms. The van der Waals surface area contributed by atoms with Crippen LogP contribution >= 0.6 is 11.3 Å². The van der Waals surface area contributed by atoms with Crippen LogP contribution in [0, 0.1) is 22.7 Å². The van der Waals surface area contributed by atoms with E-state index in [2.05, 4.69) is 157 Å². The van der Waals surface area contributed by atoms with Gasteiger partial charge >= 0.3 is 0 Å². The summed E-state index contributed by atoms with van der Waals surface area (Å²) in [6, 6.07) is 70.4. The molecule has 260 valence electrons. The Morgan fingerprint density at radius 1 is 0.339 bits per heavy atom. The van der Waals surface area contributed by atoms with E-state index in [0.717, 1.165) is 60.9 Å². The van der Waals surface area contributed by atoms with Crippen LogP contribution < -0.4 is 4.90 Å². The van der Waals surface area contributed by atoms with Crippen molar-refractivity contribution in [3.63, 3.8) is 0 Å². The minimum Gasteiger partial charge on any atom is -0.311 e. The average Bonchev–Trinajstić information content (AvgIpc) is 3.66. The zero-order valence-electron chi connectivity index (χ0n) is 30.1. The molecule has 10 aromatic rings. The minimum atomic E-state index is 0.677. The van der Waals surface area contributed by atoms with Crippen molar-refractivity contribution in [1.82, 2.24) is 0 Å². The van der Waals surface area contributed by atoms with E-state index in [-0.39, 0.29) is 0 Å². The Bertz CT molecular complexity index is 3060. The van der Waals surface area contributed by atoms with Crippen molar-refractivity contribution in [1.29, 1.82) is 10.5 Å². The molecular formula is C52H31N3S. The second-order valence-electron chi connectivity index (χ2n) is 13.9. The first-order valence-electron chi connectivity index (χ1n) is 18.5. The van der Waals surface area contributed by atoms with Gasteiger partial charge in [0.15, 0.2) is 0 Å². The summed E-state index contributed by atoms with van der Waals surface area (Å²) in [5.74, 6) is 0. The molecular weight excluding hydrogens is 699 g/mol. The van der Waals surface area contributed by atoms with Crippen LogP contribution in [0.1, 0.15) is 11.1 Å². The highest BCUT2D eigenvalue weighted by Crippen LogP contribution is 2.42. The quantitative estimate of drug-likeness (QED) is 0.171.